The van der Waals surface area contributed by atoms with Crippen LogP contribution in [-0.2, 0) is 16.0 Å². The Morgan fingerprint density at radius 3 is 2.33 bits per heavy atom. The molecule has 0 bridgehead atoms. The molecule has 1 aliphatic rings. The van der Waals surface area contributed by atoms with Gasteiger partial charge in [0.1, 0.15) is 0 Å². The molecule has 1 aliphatic carbocycles. The number of rotatable bonds is 4. The molecule has 1 saturated carbocycles. The molecule has 0 aromatic carbocycles. The van der Waals surface area contributed by atoms with Gasteiger partial charge < -0.3 is 15.1 Å². The van der Waals surface area contributed by atoms with Gasteiger partial charge in [-0.15, -0.1) is 0 Å². The molecular weight excluding hydrogens is 272 g/mol. The average Bonchev–Trinajstić information content (AvgIpc) is 3.00. The van der Waals surface area contributed by atoms with Gasteiger partial charge >= 0.3 is 11.9 Å². The van der Waals surface area contributed by atoms with Crippen molar-refractivity contribution >= 4 is 11.9 Å². The molecular formula is C15H22N2O4. The highest BCUT2D eigenvalue weighted by Gasteiger charge is 2.18. The van der Waals surface area contributed by atoms with Crippen molar-refractivity contribution in [3.8, 4) is 0 Å². The Bertz CT molecular complexity index is 432. The molecule has 21 heavy (non-hydrogen) atoms. The quantitative estimate of drug-likeness (QED) is 0.821. The molecule has 0 unspecified atom stereocenters. The Labute approximate surface area is 124 Å². The molecule has 1 aromatic rings. The van der Waals surface area contributed by atoms with Crippen molar-refractivity contribution in [1.29, 1.82) is 0 Å². The zero-order valence-corrected chi connectivity index (χ0v) is 12.2. The van der Waals surface area contributed by atoms with E-state index in [-0.39, 0.29) is 0 Å². The Morgan fingerprint density at radius 1 is 1.24 bits per heavy atom. The van der Waals surface area contributed by atoms with Crippen LogP contribution in [0.3, 0.4) is 0 Å². The summed E-state index contributed by atoms with van der Waals surface area (Å²) in [6.07, 6.45) is 8.56. The standard InChI is InChI=1S/C13H20N2.C2H2O4/c1-15(13-7-2-3-8-13)11-9-12-6-4-5-10-14-12;3-1(4)2(5)6/h4-6,10,13H,2-3,7-9,11H2,1H3;(H,3,4)(H,5,6). The minimum Gasteiger partial charge on any atom is -0.473 e. The van der Waals surface area contributed by atoms with Gasteiger partial charge in [0.2, 0.25) is 0 Å². The van der Waals surface area contributed by atoms with Crippen molar-refractivity contribution in [2.24, 2.45) is 0 Å². The summed E-state index contributed by atoms with van der Waals surface area (Å²) in [6, 6.07) is 6.98. The van der Waals surface area contributed by atoms with Crippen LogP contribution >= 0.6 is 0 Å². The molecule has 1 fully saturated rings. The molecule has 0 amide bonds. The van der Waals surface area contributed by atoms with Gasteiger partial charge in [-0.3, -0.25) is 4.98 Å². The number of carbonyl (C=O) groups is 2. The van der Waals surface area contributed by atoms with Crippen LogP contribution in [0.1, 0.15) is 31.4 Å². The van der Waals surface area contributed by atoms with Crippen molar-refractivity contribution in [2.45, 2.75) is 38.1 Å². The minimum atomic E-state index is -1.82. The number of hydrogen-bond donors (Lipinski definition) is 2. The molecule has 0 saturated heterocycles. The molecule has 0 radical (unpaired) electrons. The van der Waals surface area contributed by atoms with E-state index in [1.807, 2.05) is 12.3 Å². The van der Waals surface area contributed by atoms with Crippen LogP contribution in [0.5, 0.6) is 0 Å². The largest absolute Gasteiger partial charge is 0.473 e. The highest BCUT2D eigenvalue weighted by molar-refractivity contribution is 6.27. The molecule has 0 aliphatic heterocycles. The van der Waals surface area contributed by atoms with E-state index in [1.165, 1.54) is 31.4 Å². The van der Waals surface area contributed by atoms with E-state index in [0.29, 0.717) is 0 Å². The van der Waals surface area contributed by atoms with Crippen LogP contribution in [0.4, 0.5) is 0 Å². The molecule has 0 atom stereocenters. The second-order valence-corrected chi connectivity index (χ2v) is 5.10. The summed E-state index contributed by atoms with van der Waals surface area (Å²) in [7, 11) is 2.25. The van der Waals surface area contributed by atoms with Crippen LogP contribution in [0.15, 0.2) is 24.4 Å². The van der Waals surface area contributed by atoms with Gasteiger partial charge in [-0.2, -0.15) is 0 Å². The monoisotopic (exact) mass is 294 g/mol. The second-order valence-electron chi connectivity index (χ2n) is 5.10. The zero-order valence-electron chi connectivity index (χ0n) is 12.2. The molecule has 6 nitrogen and oxygen atoms in total. The van der Waals surface area contributed by atoms with Crippen molar-refractivity contribution in [1.82, 2.24) is 9.88 Å². The van der Waals surface area contributed by atoms with Gasteiger partial charge in [0.25, 0.3) is 0 Å². The Kier molecular flexibility index (Phi) is 7.39. The first-order chi connectivity index (χ1) is 10.0. The third-order valence-electron chi connectivity index (χ3n) is 3.58. The highest BCUT2D eigenvalue weighted by Crippen LogP contribution is 2.22. The van der Waals surface area contributed by atoms with Gasteiger partial charge in [0.15, 0.2) is 0 Å². The lowest BCUT2D eigenvalue weighted by Gasteiger charge is -2.23. The van der Waals surface area contributed by atoms with Crippen LogP contribution in [0, 0.1) is 0 Å². The maximum absolute atomic E-state index is 9.10. The normalized spacial score (nSPS) is 14.6. The lowest BCUT2D eigenvalue weighted by molar-refractivity contribution is -0.159. The van der Waals surface area contributed by atoms with Gasteiger partial charge in [0.05, 0.1) is 0 Å². The number of aromatic nitrogens is 1. The topological polar surface area (TPSA) is 90.7 Å². The summed E-state index contributed by atoms with van der Waals surface area (Å²) in [5, 5.41) is 14.8. The molecule has 1 aromatic heterocycles. The zero-order chi connectivity index (χ0) is 15.7. The van der Waals surface area contributed by atoms with Crippen LogP contribution in [-0.4, -0.2) is 51.7 Å². The summed E-state index contributed by atoms with van der Waals surface area (Å²) in [6.45, 7) is 1.14. The fourth-order valence-electron chi connectivity index (χ4n) is 2.36. The predicted octanol–water partition coefficient (Wildman–Crippen LogP) is 1.65. The Balaban J connectivity index is 0.000000315. The molecule has 2 rings (SSSR count). The van der Waals surface area contributed by atoms with E-state index >= 15 is 0 Å². The van der Waals surface area contributed by atoms with Gasteiger partial charge in [-0.05, 0) is 32.0 Å². The average molecular weight is 294 g/mol. The van der Waals surface area contributed by atoms with Gasteiger partial charge in [-0.25, -0.2) is 9.59 Å². The van der Waals surface area contributed by atoms with Crippen LogP contribution in [0.25, 0.3) is 0 Å². The SMILES string of the molecule is CN(CCc1ccccn1)C1CCCC1.O=C(O)C(=O)O. The first kappa shape index (κ1) is 17.1. The number of pyridine rings is 1. The molecule has 1 heterocycles. The molecule has 0 spiro atoms. The van der Waals surface area contributed by atoms with E-state index in [9.17, 15) is 0 Å². The number of carboxylic acid groups (broad SMARTS) is 2. The van der Waals surface area contributed by atoms with Gasteiger partial charge in [0, 0.05) is 30.9 Å². The first-order valence-electron chi connectivity index (χ1n) is 7.07. The summed E-state index contributed by atoms with van der Waals surface area (Å²) in [5.41, 5.74) is 1.21. The van der Waals surface area contributed by atoms with Crippen molar-refractivity contribution in [2.75, 3.05) is 13.6 Å². The Hall–Kier alpha value is -1.95. The number of carboxylic acids is 2. The van der Waals surface area contributed by atoms with E-state index in [4.69, 9.17) is 19.8 Å². The smallest absolute Gasteiger partial charge is 0.414 e. The van der Waals surface area contributed by atoms with Crippen LogP contribution in [0.2, 0.25) is 0 Å². The third kappa shape index (κ3) is 6.85. The van der Waals surface area contributed by atoms with E-state index in [2.05, 4.69) is 29.1 Å². The van der Waals surface area contributed by atoms with Gasteiger partial charge in [-0.1, -0.05) is 18.9 Å². The lowest BCUT2D eigenvalue weighted by atomic mass is 10.2. The minimum absolute atomic E-state index is 0.828. The van der Waals surface area contributed by atoms with E-state index in [1.54, 1.807) is 0 Å². The number of nitrogens with zero attached hydrogens (tertiary/aromatic N) is 2. The highest BCUT2D eigenvalue weighted by atomic mass is 16.4. The van der Waals surface area contributed by atoms with Crippen molar-refractivity contribution in [3.05, 3.63) is 30.1 Å². The predicted molar refractivity (Wildman–Crippen MR) is 78.1 cm³/mol. The second kappa shape index (κ2) is 9.07. The maximum Gasteiger partial charge on any atom is 0.414 e. The first-order valence-corrected chi connectivity index (χ1v) is 7.07. The Morgan fingerprint density at radius 2 is 1.86 bits per heavy atom. The van der Waals surface area contributed by atoms with E-state index in [0.717, 1.165) is 19.0 Å². The van der Waals surface area contributed by atoms with Crippen molar-refractivity contribution < 1.29 is 19.8 Å². The summed E-state index contributed by atoms with van der Waals surface area (Å²) in [4.78, 5) is 25.1. The summed E-state index contributed by atoms with van der Waals surface area (Å²) in [5.74, 6) is -3.65. The third-order valence-corrected chi connectivity index (χ3v) is 3.58. The number of aliphatic carboxylic acids is 2. The summed E-state index contributed by atoms with van der Waals surface area (Å²) < 4.78 is 0. The molecule has 116 valence electrons. The molecule has 6 heteroatoms. The molecule has 2 N–H and O–H groups in total. The lowest BCUT2D eigenvalue weighted by Crippen LogP contribution is -2.31. The van der Waals surface area contributed by atoms with E-state index < -0.39 is 11.9 Å². The van der Waals surface area contributed by atoms with Crippen LogP contribution < -0.4 is 0 Å². The maximum atomic E-state index is 9.10. The number of likely N-dealkylation sites (N-methyl/N-ethyl adjacent to an activating group) is 1. The number of hydrogen-bond acceptors (Lipinski definition) is 4. The van der Waals surface area contributed by atoms with Crippen molar-refractivity contribution in [3.63, 3.8) is 0 Å². The fraction of sp³-hybridized carbons (Fsp3) is 0.533. The fourth-order valence-corrected chi connectivity index (χ4v) is 2.36. The summed E-state index contributed by atoms with van der Waals surface area (Å²) >= 11 is 0.